The molecule has 1 aromatic heterocycles. The van der Waals surface area contributed by atoms with Crippen LogP contribution in [0.1, 0.15) is 35.2 Å². The van der Waals surface area contributed by atoms with E-state index in [1.807, 2.05) is 50.2 Å². The summed E-state index contributed by atoms with van der Waals surface area (Å²) in [5.41, 5.74) is 4.13. The minimum absolute atomic E-state index is 0.225. The molecule has 3 N–H and O–H groups in total. The summed E-state index contributed by atoms with van der Waals surface area (Å²) in [6.07, 6.45) is 0. The lowest BCUT2D eigenvalue weighted by atomic mass is 10.1. The number of aromatic amines is 1. The lowest BCUT2D eigenvalue weighted by Gasteiger charge is -2.32. The van der Waals surface area contributed by atoms with Crippen LogP contribution in [0.3, 0.4) is 0 Å². The first-order valence-corrected chi connectivity index (χ1v) is 9.55. The maximum Gasteiger partial charge on any atom is 0.334 e. The van der Waals surface area contributed by atoms with Crippen LogP contribution in [-0.4, -0.2) is 16.2 Å². The Morgan fingerprint density at radius 3 is 2.50 bits per heavy atom. The number of hydrogen-bond acceptors (Lipinski definition) is 3. The van der Waals surface area contributed by atoms with Crippen LogP contribution < -0.4 is 21.5 Å². The molecule has 1 aliphatic heterocycles. The van der Waals surface area contributed by atoms with Gasteiger partial charge in [-0.2, -0.15) is 0 Å². The van der Waals surface area contributed by atoms with E-state index >= 15 is 0 Å². The number of H-pyrrole nitrogens is 1. The molecule has 6 heteroatoms. The Bertz CT molecular complexity index is 1130. The normalized spacial score (nSPS) is 16.9. The highest BCUT2D eigenvalue weighted by Gasteiger charge is 2.29. The first-order valence-electron chi connectivity index (χ1n) is 9.55. The van der Waals surface area contributed by atoms with Crippen LogP contribution in [0.5, 0.6) is 0 Å². The summed E-state index contributed by atoms with van der Waals surface area (Å²) < 4.78 is 1.58. The summed E-state index contributed by atoms with van der Waals surface area (Å²) in [5, 5.41) is 3.35. The van der Waals surface area contributed by atoms with Gasteiger partial charge in [0.15, 0.2) is 6.67 Å². The van der Waals surface area contributed by atoms with Crippen LogP contribution in [0.4, 0.5) is 5.82 Å². The molecule has 0 amide bonds. The number of anilines is 1. The van der Waals surface area contributed by atoms with Crippen LogP contribution in [-0.2, 0) is 6.54 Å². The van der Waals surface area contributed by atoms with E-state index in [0.717, 1.165) is 16.8 Å². The van der Waals surface area contributed by atoms with Crippen molar-refractivity contribution >= 4 is 5.82 Å². The molecule has 0 bridgehead atoms. The van der Waals surface area contributed by atoms with Gasteiger partial charge < -0.3 is 10.2 Å². The molecule has 0 saturated carbocycles. The van der Waals surface area contributed by atoms with Gasteiger partial charge in [-0.25, -0.2) is 9.36 Å². The van der Waals surface area contributed by atoms with Crippen LogP contribution in [0.2, 0.25) is 0 Å². The molecule has 0 fully saturated rings. The molecule has 28 heavy (non-hydrogen) atoms. The number of aryl methyl sites for hydroxylation is 2. The average Bonchev–Trinajstić information content (AvgIpc) is 2.70. The molecule has 4 rings (SSSR count). The second kappa shape index (κ2) is 7.13. The molecule has 0 aliphatic carbocycles. The Morgan fingerprint density at radius 1 is 1.04 bits per heavy atom. The molecule has 0 radical (unpaired) electrons. The van der Waals surface area contributed by atoms with Gasteiger partial charge in [0, 0.05) is 5.56 Å². The molecular weight excluding hydrogens is 352 g/mol. The second-order valence-corrected chi connectivity index (χ2v) is 7.51. The summed E-state index contributed by atoms with van der Waals surface area (Å²) in [6, 6.07) is 16.4. The Hall–Kier alpha value is -3.12. The SMILES string of the molecule is Cc1ccc(-n2c3c(c(=O)[nH]c2=O)C[NH+]([C@H](C)c2ccccc2)CN3)cc1C. The van der Waals surface area contributed by atoms with Gasteiger partial charge in [0.25, 0.3) is 5.56 Å². The van der Waals surface area contributed by atoms with Crippen molar-refractivity contribution in [3.8, 4) is 5.69 Å². The van der Waals surface area contributed by atoms with Crippen molar-refractivity contribution in [3.63, 3.8) is 0 Å². The fourth-order valence-corrected chi connectivity index (χ4v) is 3.80. The average molecular weight is 377 g/mol. The predicted molar refractivity (Wildman–Crippen MR) is 110 cm³/mol. The minimum atomic E-state index is -0.418. The van der Waals surface area contributed by atoms with E-state index in [-0.39, 0.29) is 11.6 Å². The molecule has 1 aliphatic rings. The number of rotatable bonds is 3. The van der Waals surface area contributed by atoms with Crippen LogP contribution in [0, 0.1) is 13.8 Å². The van der Waals surface area contributed by atoms with E-state index in [1.165, 1.54) is 10.5 Å². The molecule has 1 unspecified atom stereocenters. The molecule has 2 heterocycles. The second-order valence-electron chi connectivity index (χ2n) is 7.51. The highest BCUT2D eigenvalue weighted by Crippen LogP contribution is 2.20. The fourth-order valence-electron chi connectivity index (χ4n) is 3.80. The van der Waals surface area contributed by atoms with E-state index in [1.54, 1.807) is 4.57 Å². The third kappa shape index (κ3) is 3.16. The Balaban J connectivity index is 1.76. The number of hydrogen-bond donors (Lipinski definition) is 3. The third-order valence-electron chi connectivity index (χ3n) is 5.75. The quantitative estimate of drug-likeness (QED) is 0.650. The van der Waals surface area contributed by atoms with E-state index < -0.39 is 5.69 Å². The zero-order valence-corrected chi connectivity index (χ0v) is 16.4. The maximum atomic E-state index is 12.6. The Kier molecular flexibility index (Phi) is 4.65. The predicted octanol–water partition coefficient (Wildman–Crippen LogP) is 1.67. The maximum absolute atomic E-state index is 12.6. The van der Waals surface area contributed by atoms with Gasteiger partial charge >= 0.3 is 5.69 Å². The zero-order chi connectivity index (χ0) is 19.8. The number of aromatic nitrogens is 2. The molecule has 0 saturated heterocycles. The molecule has 0 spiro atoms. The first kappa shape index (κ1) is 18.3. The number of fused-ring (bicyclic) bond motifs is 1. The van der Waals surface area contributed by atoms with Crippen LogP contribution >= 0.6 is 0 Å². The highest BCUT2D eigenvalue weighted by atomic mass is 16.2. The topological polar surface area (TPSA) is 71.3 Å². The van der Waals surface area contributed by atoms with E-state index in [0.29, 0.717) is 24.6 Å². The molecule has 2 aromatic carbocycles. The summed E-state index contributed by atoms with van der Waals surface area (Å²) in [6.45, 7) is 7.40. The summed E-state index contributed by atoms with van der Waals surface area (Å²) in [4.78, 5) is 28.9. The van der Waals surface area contributed by atoms with Crippen LogP contribution in [0.15, 0.2) is 58.1 Å². The van der Waals surface area contributed by atoms with Crippen molar-refractivity contribution in [2.45, 2.75) is 33.4 Å². The monoisotopic (exact) mass is 377 g/mol. The van der Waals surface area contributed by atoms with Crippen LogP contribution in [0.25, 0.3) is 5.69 Å². The van der Waals surface area contributed by atoms with Gasteiger partial charge in [-0.15, -0.1) is 0 Å². The first-order chi connectivity index (χ1) is 13.5. The summed E-state index contributed by atoms with van der Waals surface area (Å²) in [5.74, 6) is 0.598. The number of nitrogens with zero attached hydrogens (tertiary/aromatic N) is 1. The Labute approximate surface area is 163 Å². The van der Waals surface area contributed by atoms with Gasteiger partial charge in [0.05, 0.1) is 5.69 Å². The van der Waals surface area contributed by atoms with Gasteiger partial charge in [-0.1, -0.05) is 36.4 Å². The van der Waals surface area contributed by atoms with E-state index in [2.05, 4.69) is 29.4 Å². The van der Waals surface area contributed by atoms with Crippen molar-refractivity contribution < 1.29 is 4.90 Å². The van der Waals surface area contributed by atoms with Crippen molar-refractivity contribution in [2.75, 3.05) is 12.0 Å². The number of nitrogens with one attached hydrogen (secondary N) is 3. The summed E-state index contributed by atoms with van der Waals surface area (Å²) >= 11 is 0. The van der Waals surface area contributed by atoms with E-state index in [9.17, 15) is 9.59 Å². The van der Waals surface area contributed by atoms with Crippen molar-refractivity contribution in [3.05, 3.63) is 91.6 Å². The van der Waals surface area contributed by atoms with Gasteiger partial charge in [-0.3, -0.25) is 9.78 Å². The van der Waals surface area contributed by atoms with Gasteiger partial charge in [0.1, 0.15) is 24.0 Å². The minimum Gasteiger partial charge on any atom is -0.324 e. The van der Waals surface area contributed by atoms with Crippen molar-refractivity contribution in [1.82, 2.24) is 9.55 Å². The smallest absolute Gasteiger partial charge is 0.324 e. The summed E-state index contributed by atoms with van der Waals surface area (Å²) in [7, 11) is 0. The Morgan fingerprint density at radius 2 is 1.79 bits per heavy atom. The molecule has 6 nitrogen and oxygen atoms in total. The lowest BCUT2D eigenvalue weighted by molar-refractivity contribution is -0.941. The van der Waals surface area contributed by atoms with Crippen molar-refractivity contribution in [2.24, 2.45) is 0 Å². The van der Waals surface area contributed by atoms with Crippen molar-refractivity contribution in [1.29, 1.82) is 0 Å². The molecule has 2 atom stereocenters. The lowest BCUT2D eigenvalue weighted by Crippen LogP contribution is -3.12. The van der Waals surface area contributed by atoms with Gasteiger partial charge in [-0.05, 0) is 44.0 Å². The largest absolute Gasteiger partial charge is 0.334 e. The van der Waals surface area contributed by atoms with E-state index in [4.69, 9.17) is 0 Å². The third-order valence-corrected chi connectivity index (χ3v) is 5.75. The zero-order valence-electron chi connectivity index (χ0n) is 16.4. The molecule has 3 aromatic rings. The number of benzene rings is 2. The number of quaternary nitrogens is 1. The molecular formula is C22H25N4O2+. The standard InChI is InChI=1S/C22H24N4O2/c1-14-9-10-18(11-15(14)2)26-20-19(21(27)24-22(26)28)12-25(13-23-20)16(3)17-7-5-4-6-8-17/h4-11,16,23H,12-13H2,1-3H3,(H,24,27,28)/p+1/t16-/m1/s1. The fraction of sp³-hybridized carbons (Fsp3) is 0.273. The highest BCUT2D eigenvalue weighted by molar-refractivity contribution is 5.52. The molecule has 144 valence electrons. The van der Waals surface area contributed by atoms with Gasteiger partial charge in [0.2, 0.25) is 0 Å².